The first kappa shape index (κ1) is 13.6. The molecular formula is C16H26N2. The molecule has 1 aromatic rings. The van der Waals surface area contributed by atoms with Crippen LogP contribution in [-0.4, -0.2) is 24.0 Å². The van der Waals surface area contributed by atoms with Gasteiger partial charge in [0, 0.05) is 18.6 Å². The summed E-state index contributed by atoms with van der Waals surface area (Å²) in [5.41, 5.74) is 8.11. The maximum atomic E-state index is 6.47. The van der Waals surface area contributed by atoms with E-state index in [-0.39, 0.29) is 11.5 Å². The summed E-state index contributed by atoms with van der Waals surface area (Å²) in [5, 5.41) is 0. The van der Waals surface area contributed by atoms with Gasteiger partial charge in [0.15, 0.2) is 0 Å². The molecule has 0 radical (unpaired) electrons. The van der Waals surface area contributed by atoms with E-state index in [0.717, 1.165) is 6.54 Å². The molecule has 1 fully saturated rings. The van der Waals surface area contributed by atoms with E-state index in [1.807, 2.05) is 0 Å². The number of hydrogen-bond acceptors (Lipinski definition) is 2. The molecule has 0 heterocycles. The molecule has 1 saturated carbocycles. The highest BCUT2D eigenvalue weighted by Crippen LogP contribution is 2.36. The van der Waals surface area contributed by atoms with Crippen LogP contribution in [0.15, 0.2) is 30.3 Å². The Balaban J connectivity index is 2.02. The molecule has 2 rings (SSSR count). The minimum atomic E-state index is 0.272. The average molecular weight is 246 g/mol. The lowest BCUT2D eigenvalue weighted by molar-refractivity contribution is 0.0805. The zero-order chi connectivity index (χ0) is 13.2. The van der Waals surface area contributed by atoms with Gasteiger partial charge in [-0.2, -0.15) is 0 Å². The number of nitrogens with zero attached hydrogens (tertiary/aromatic N) is 1. The molecule has 18 heavy (non-hydrogen) atoms. The summed E-state index contributed by atoms with van der Waals surface area (Å²) >= 11 is 0. The van der Waals surface area contributed by atoms with Crippen LogP contribution in [-0.2, 0) is 6.54 Å². The third-order valence-corrected chi connectivity index (χ3v) is 4.48. The number of nitrogens with two attached hydrogens (primary N) is 1. The quantitative estimate of drug-likeness (QED) is 0.888. The van der Waals surface area contributed by atoms with Crippen LogP contribution < -0.4 is 5.73 Å². The van der Waals surface area contributed by atoms with E-state index in [1.54, 1.807) is 0 Å². The van der Waals surface area contributed by atoms with Crippen LogP contribution in [0.3, 0.4) is 0 Å². The van der Waals surface area contributed by atoms with Gasteiger partial charge in [0.1, 0.15) is 0 Å². The van der Waals surface area contributed by atoms with Crippen molar-refractivity contribution in [2.24, 2.45) is 11.1 Å². The Morgan fingerprint density at radius 1 is 1.28 bits per heavy atom. The molecule has 1 aliphatic carbocycles. The van der Waals surface area contributed by atoms with Crippen molar-refractivity contribution in [3.8, 4) is 0 Å². The zero-order valence-corrected chi connectivity index (χ0v) is 11.9. The molecule has 2 nitrogen and oxygen atoms in total. The highest BCUT2D eigenvalue weighted by Gasteiger charge is 2.37. The minimum absolute atomic E-state index is 0.272. The normalized spacial score (nSPS) is 27.4. The van der Waals surface area contributed by atoms with Crippen molar-refractivity contribution in [3.05, 3.63) is 35.9 Å². The Kier molecular flexibility index (Phi) is 4.08. The summed E-state index contributed by atoms with van der Waals surface area (Å²) in [6, 6.07) is 11.4. The summed E-state index contributed by atoms with van der Waals surface area (Å²) in [7, 11) is 2.21. The molecule has 2 atom stereocenters. The lowest BCUT2D eigenvalue weighted by Crippen LogP contribution is -2.55. The van der Waals surface area contributed by atoms with Gasteiger partial charge >= 0.3 is 0 Å². The van der Waals surface area contributed by atoms with E-state index in [4.69, 9.17) is 5.73 Å². The molecule has 1 aliphatic rings. The van der Waals surface area contributed by atoms with Crippen LogP contribution in [0.2, 0.25) is 0 Å². The van der Waals surface area contributed by atoms with Crippen LogP contribution in [0.25, 0.3) is 0 Å². The smallest absolute Gasteiger partial charge is 0.0252 e. The summed E-state index contributed by atoms with van der Waals surface area (Å²) in [6.07, 6.45) is 3.78. The number of hydrogen-bond donors (Lipinski definition) is 1. The van der Waals surface area contributed by atoms with Crippen LogP contribution in [0.5, 0.6) is 0 Å². The van der Waals surface area contributed by atoms with Crippen LogP contribution in [0.1, 0.15) is 38.7 Å². The molecule has 0 amide bonds. The predicted molar refractivity (Wildman–Crippen MR) is 77.3 cm³/mol. The van der Waals surface area contributed by atoms with Gasteiger partial charge in [0.05, 0.1) is 0 Å². The lowest BCUT2D eigenvalue weighted by Gasteiger charge is -2.45. The molecular weight excluding hydrogens is 220 g/mol. The van der Waals surface area contributed by atoms with E-state index in [9.17, 15) is 0 Å². The number of rotatable bonds is 3. The summed E-state index contributed by atoms with van der Waals surface area (Å²) < 4.78 is 0. The first-order valence-corrected chi connectivity index (χ1v) is 7.00. The summed E-state index contributed by atoms with van der Waals surface area (Å²) in [4.78, 5) is 2.43. The van der Waals surface area contributed by atoms with E-state index in [1.165, 1.54) is 24.8 Å². The molecule has 2 unspecified atom stereocenters. The van der Waals surface area contributed by atoms with Gasteiger partial charge in [-0.05, 0) is 30.9 Å². The SMILES string of the molecule is CN(Cc1ccccc1)C1CCCC(C)(C)C1N. The standard InChI is InChI=1S/C16H26N2/c1-16(2)11-7-10-14(15(16)17)18(3)12-13-8-5-4-6-9-13/h4-6,8-9,14-15H,7,10-12,17H2,1-3H3. The van der Waals surface area contributed by atoms with Gasteiger partial charge in [0.25, 0.3) is 0 Å². The van der Waals surface area contributed by atoms with Gasteiger partial charge in [-0.15, -0.1) is 0 Å². The second-order valence-electron chi connectivity index (χ2n) is 6.37. The maximum absolute atomic E-state index is 6.47. The maximum Gasteiger partial charge on any atom is 0.0252 e. The fourth-order valence-corrected chi connectivity index (χ4v) is 3.12. The monoisotopic (exact) mass is 246 g/mol. The van der Waals surface area contributed by atoms with Crippen molar-refractivity contribution in [3.63, 3.8) is 0 Å². The van der Waals surface area contributed by atoms with E-state index >= 15 is 0 Å². The summed E-state index contributed by atoms with van der Waals surface area (Å²) in [6.45, 7) is 5.61. The third-order valence-electron chi connectivity index (χ3n) is 4.48. The Bertz CT molecular complexity index is 372. The highest BCUT2D eigenvalue weighted by atomic mass is 15.1. The van der Waals surface area contributed by atoms with Crippen molar-refractivity contribution in [2.75, 3.05) is 7.05 Å². The van der Waals surface area contributed by atoms with Crippen molar-refractivity contribution >= 4 is 0 Å². The van der Waals surface area contributed by atoms with Gasteiger partial charge in [-0.25, -0.2) is 0 Å². The zero-order valence-electron chi connectivity index (χ0n) is 11.9. The van der Waals surface area contributed by atoms with Gasteiger partial charge < -0.3 is 5.73 Å². The van der Waals surface area contributed by atoms with Gasteiger partial charge in [-0.3, -0.25) is 4.90 Å². The second kappa shape index (κ2) is 5.41. The average Bonchev–Trinajstić information content (AvgIpc) is 2.34. The number of likely N-dealkylation sites (N-methyl/N-ethyl adjacent to an activating group) is 1. The topological polar surface area (TPSA) is 29.3 Å². The lowest BCUT2D eigenvalue weighted by atomic mass is 9.71. The van der Waals surface area contributed by atoms with Crippen LogP contribution >= 0.6 is 0 Å². The number of benzene rings is 1. The molecule has 0 spiro atoms. The highest BCUT2D eigenvalue weighted by molar-refractivity contribution is 5.14. The van der Waals surface area contributed by atoms with Crippen molar-refractivity contribution < 1.29 is 0 Å². The fourth-order valence-electron chi connectivity index (χ4n) is 3.12. The molecule has 1 aromatic carbocycles. The molecule has 0 bridgehead atoms. The van der Waals surface area contributed by atoms with Crippen LogP contribution in [0, 0.1) is 5.41 Å². The van der Waals surface area contributed by atoms with Crippen LogP contribution in [0.4, 0.5) is 0 Å². The Labute approximate surface area is 111 Å². The molecule has 0 saturated heterocycles. The molecule has 2 heteroatoms. The van der Waals surface area contributed by atoms with E-state index < -0.39 is 0 Å². The predicted octanol–water partition coefficient (Wildman–Crippen LogP) is 3.02. The van der Waals surface area contributed by atoms with Crippen molar-refractivity contribution in [2.45, 2.75) is 51.7 Å². The molecule has 100 valence electrons. The molecule has 0 aliphatic heterocycles. The van der Waals surface area contributed by atoms with E-state index in [0.29, 0.717) is 6.04 Å². The third kappa shape index (κ3) is 2.93. The summed E-state index contributed by atoms with van der Waals surface area (Å²) in [5.74, 6) is 0. The van der Waals surface area contributed by atoms with Crippen molar-refractivity contribution in [1.29, 1.82) is 0 Å². The van der Waals surface area contributed by atoms with Gasteiger partial charge in [0.2, 0.25) is 0 Å². The Hall–Kier alpha value is -0.860. The first-order chi connectivity index (χ1) is 8.50. The fraction of sp³-hybridized carbons (Fsp3) is 0.625. The van der Waals surface area contributed by atoms with Crippen molar-refractivity contribution in [1.82, 2.24) is 4.90 Å². The minimum Gasteiger partial charge on any atom is -0.326 e. The second-order valence-corrected chi connectivity index (χ2v) is 6.37. The van der Waals surface area contributed by atoms with E-state index in [2.05, 4.69) is 56.1 Å². The largest absolute Gasteiger partial charge is 0.326 e. The Morgan fingerprint density at radius 3 is 2.61 bits per heavy atom. The molecule has 2 N–H and O–H groups in total. The molecule has 0 aromatic heterocycles. The van der Waals surface area contributed by atoms with Gasteiger partial charge in [-0.1, -0.05) is 50.6 Å². The Morgan fingerprint density at radius 2 is 1.94 bits per heavy atom. The first-order valence-electron chi connectivity index (χ1n) is 7.00.